The van der Waals surface area contributed by atoms with Crippen LogP contribution in [-0.4, -0.2) is 17.0 Å². The second-order valence-corrected chi connectivity index (χ2v) is 5.26. The molecule has 0 aliphatic rings. The van der Waals surface area contributed by atoms with E-state index in [2.05, 4.69) is 5.32 Å². The van der Waals surface area contributed by atoms with Crippen LogP contribution in [0.3, 0.4) is 0 Å². The van der Waals surface area contributed by atoms with Crippen molar-refractivity contribution < 1.29 is 14.7 Å². The van der Waals surface area contributed by atoms with Crippen LogP contribution in [0.15, 0.2) is 36.4 Å². The molecular weight excluding hydrogens is 313 g/mol. The van der Waals surface area contributed by atoms with Crippen LogP contribution in [0.5, 0.6) is 0 Å². The molecule has 1 amide bonds. The van der Waals surface area contributed by atoms with Gasteiger partial charge in [-0.05, 0) is 48.9 Å². The largest absolute Gasteiger partial charge is 0.478 e. The molecular formula is C15H11Cl2NO3. The zero-order chi connectivity index (χ0) is 15.6. The van der Waals surface area contributed by atoms with E-state index in [9.17, 15) is 9.59 Å². The zero-order valence-corrected chi connectivity index (χ0v) is 12.5. The van der Waals surface area contributed by atoms with Crippen LogP contribution in [-0.2, 0) is 0 Å². The Balaban J connectivity index is 2.25. The Bertz CT molecular complexity index is 729. The molecule has 0 radical (unpaired) electrons. The van der Waals surface area contributed by atoms with Crippen LogP contribution in [0.2, 0.25) is 10.0 Å². The lowest BCUT2D eigenvalue weighted by atomic mass is 10.1. The van der Waals surface area contributed by atoms with Gasteiger partial charge in [-0.15, -0.1) is 0 Å². The van der Waals surface area contributed by atoms with Crippen LogP contribution < -0.4 is 5.32 Å². The average Bonchev–Trinajstić information content (AvgIpc) is 2.40. The number of carboxylic acids is 1. The number of hydrogen-bond donors (Lipinski definition) is 2. The van der Waals surface area contributed by atoms with Gasteiger partial charge in [-0.25, -0.2) is 4.79 Å². The number of rotatable bonds is 3. The molecule has 0 aromatic heterocycles. The summed E-state index contributed by atoms with van der Waals surface area (Å²) in [6.07, 6.45) is 0. The van der Waals surface area contributed by atoms with Crippen molar-refractivity contribution >= 4 is 40.8 Å². The lowest BCUT2D eigenvalue weighted by Gasteiger charge is -2.10. The second-order valence-electron chi connectivity index (χ2n) is 4.41. The molecule has 21 heavy (non-hydrogen) atoms. The monoisotopic (exact) mass is 323 g/mol. The van der Waals surface area contributed by atoms with E-state index in [0.717, 1.165) is 0 Å². The molecule has 0 saturated heterocycles. The maximum atomic E-state index is 12.2. The van der Waals surface area contributed by atoms with Crippen LogP contribution in [0.25, 0.3) is 0 Å². The zero-order valence-electron chi connectivity index (χ0n) is 11.0. The summed E-state index contributed by atoms with van der Waals surface area (Å²) in [5, 5.41) is 12.3. The molecule has 0 bridgehead atoms. The summed E-state index contributed by atoms with van der Waals surface area (Å²) in [7, 11) is 0. The van der Waals surface area contributed by atoms with Gasteiger partial charge < -0.3 is 10.4 Å². The van der Waals surface area contributed by atoms with Gasteiger partial charge in [0.1, 0.15) is 0 Å². The fraction of sp³-hybridized carbons (Fsp3) is 0.0667. The smallest absolute Gasteiger partial charge is 0.335 e. The summed E-state index contributed by atoms with van der Waals surface area (Å²) in [4.78, 5) is 23.0. The van der Waals surface area contributed by atoms with Gasteiger partial charge in [0.2, 0.25) is 0 Å². The molecule has 0 saturated carbocycles. The maximum absolute atomic E-state index is 12.2. The highest BCUT2D eigenvalue weighted by Gasteiger charge is 2.13. The van der Waals surface area contributed by atoms with Gasteiger partial charge in [0.15, 0.2) is 0 Å². The number of aromatic carboxylic acids is 1. The van der Waals surface area contributed by atoms with Crippen molar-refractivity contribution in [2.24, 2.45) is 0 Å². The molecule has 6 heteroatoms. The normalized spacial score (nSPS) is 10.2. The molecule has 0 aliphatic heterocycles. The van der Waals surface area contributed by atoms with Crippen molar-refractivity contribution in [2.45, 2.75) is 6.92 Å². The lowest BCUT2D eigenvalue weighted by Crippen LogP contribution is -2.13. The minimum Gasteiger partial charge on any atom is -0.478 e. The van der Waals surface area contributed by atoms with E-state index in [-0.39, 0.29) is 16.5 Å². The number of benzene rings is 2. The SMILES string of the molecule is Cc1cc(C(=O)O)ccc1NC(=O)c1ccc(Cl)cc1Cl. The van der Waals surface area contributed by atoms with Crippen molar-refractivity contribution in [3.63, 3.8) is 0 Å². The van der Waals surface area contributed by atoms with E-state index >= 15 is 0 Å². The Morgan fingerprint density at radius 1 is 1.10 bits per heavy atom. The summed E-state index contributed by atoms with van der Waals surface area (Å²) in [5.74, 6) is -1.40. The van der Waals surface area contributed by atoms with Gasteiger partial charge in [-0.2, -0.15) is 0 Å². The van der Waals surface area contributed by atoms with Gasteiger partial charge >= 0.3 is 5.97 Å². The Morgan fingerprint density at radius 3 is 2.38 bits per heavy atom. The Morgan fingerprint density at radius 2 is 1.81 bits per heavy atom. The van der Waals surface area contributed by atoms with Gasteiger partial charge in [0, 0.05) is 10.7 Å². The molecule has 2 rings (SSSR count). The first-order chi connectivity index (χ1) is 9.88. The molecule has 2 N–H and O–H groups in total. The third-order valence-corrected chi connectivity index (χ3v) is 3.45. The maximum Gasteiger partial charge on any atom is 0.335 e. The third kappa shape index (κ3) is 3.54. The van der Waals surface area contributed by atoms with Crippen molar-refractivity contribution in [1.29, 1.82) is 0 Å². The predicted molar refractivity (Wildman–Crippen MR) is 82.6 cm³/mol. The summed E-state index contributed by atoms with van der Waals surface area (Å²) in [6.45, 7) is 1.71. The van der Waals surface area contributed by atoms with Gasteiger partial charge in [0.05, 0.1) is 16.1 Å². The first-order valence-electron chi connectivity index (χ1n) is 5.99. The molecule has 0 unspecified atom stereocenters. The molecule has 108 valence electrons. The first-order valence-corrected chi connectivity index (χ1v) is 6.74. The summed E-state index contributed by atoms with van der Waals surface area (Å²) < 4.78 is 0. The standard InChI is InChI=1S/C15H11Cl2NO3/c1-8-6-9(15(20)21)2-5-13(8)18-14(19)11-4-3-10(16)7-12(11)17/h2-7H,1H3,(H,18,19)(H,20,21). The topological polar surface area (TPSA) is 66.4 Å². The number of carbonyl (C=O) groups is 2. The van der Waals surface area contributed by atoms with E-state index in [0.29, 0.717) is 21.8 Å². The molecule has 0 spiro atoms. The molecule has 4 nitrogen and oxygen atoms in total. The molecule has 2 aromatic carbocycles. The van der Waals surface area contributed by atoms with Gasteiger partial charge in [-0.3, -0.25) is 4.79 Å². The number of nitrogens with one attached hydrogen (secondary N) is 1. The average molecular weight is 324 g/mol. The van der Waals surface area contributed by atoms with E-state index < -0.39 is 5.97 Å². The number of carbonyl (C=O) groups excluding carboxylic acids is 1. The molecule has 0 aliphatic carbocycles. The number of aryl methyl sites for hydroxylation is 1. The number of anilines is 1. The van der Waals surface area contributed by atoms with Gasteiger partial charge in [0.25, 0.3) is 5.91 Å². The van der Waals surface area contributed by atoms with E-state index in [4.69, 9.17) is 28.3 Å². The Labute approximate surface area is 131 Å². The highest BCUT2D eigenvalue weighted by molar-refractivity contribution is 6.37. The number of carboxylic acid groups (broad SMARTS) is 1. The van der Waals surface area contributed by atoms with Gasteiger partial charge in [-0.1, -0.05) is 23.2 Å². The highest BCUT2D eigenvalue weighted by atomic mass is 35.5. The van der Waals surface area contributed by atoms with Crippen molar-refractivity contribution in [1.82, 2.24) is 0 Å². The fourth-order valence-corrected chi connectivity index (χ4v) is 2.29. The van der Waals surface area contributed by atoms with Crippen molar-refractivity contribution in [3.05, 3.63) is 63.1 Å². The van der Waals surface area contributed by atoms with Crippen LogP contribution in [0, 0.1) is 6.92 Å². The Hall–Kier alpha value is -2.04. The lowest BCUT2D eigenvalue weighted by molar-refractivity contribution is 0.0696. The Kier molecular flexibility index (Phi) is 4.50. The van der Waals surface area contributed by atoms with E-state index in [1.165, 1.54) is 24.3 Å². The van der Waals surface area contributed by atoms with Crippen molar-refractivity contribution in [3.8, 4) is 0 Å². The number of amides is 1. The molecule has 0 atom stereocenters. The van der Waals surface area contributed by atoms with Crippen molar-refractivity contribution in [2.75, 3.05) is 5.32 Å². The van der Waals surface area contributed by atoms with Crippen LogP contribution >= 0.6 is 23.2 Å². The number of halogens is 2. The first kappa shape index (κ1) is 15.4. The predicted octanol–water partition coefficient (Wildman–Crippen LogP) is 4.25. The minimum atomic E-state index is -1.02. The quantitative estimate of drug-likeness (QED) is 0.887. The van der Waals surface area contributed by atoms with E-state index in [1.54, 1.807) is 19.1 Å². The molecule has 0 heterocycles. The number of hydrogen-bond acceptors (Lipinski definition) is 2. The summed E-state index contributed by atoms with van der Waals surface area (Å²) >= 11 is 11.8. The van der Waals surface area contributed by atoms with Crippen LogP contribution in [0.1, 0.15) is 26.3 Å². The summed E-state index contributed by atoms with van der Waals surface area (Å²) in [6, 6.07) is 9.04. The van der Waals surface area contributed by atoms with Crippen LogP contribution in [0.4, 0.5) is 5.69 Å². The van der Waals surface area contributed by atoms with E-state index in [1.807, 2.05) is 0 Å². The minimum absolute atomic E-state index is 0.162. The highest BCUT2D eigenvalue weighted by Crippen LogP contribution is 2.23. The molecule has 0 fully saturated rings. The second kappa shape index (κ2) is 6.16. The fourth-order valence-electron chi connectivity index (χ4n) is 1.80. The third-order valence-electron chi connectivity index (χ3n) is 2.90. The molecule has 2 aromatic rings. The summed E-state index contributed by atoms with van der Waals surface area (Å²) in [5.41, 5.74) is 1.63.